The summed E-state index contributed by atoms with van der Waals surface area (Å²) in [6.07, 6.45) is 3.18. The van der Waals surface area contributed by atoms with Crippen LogP contribution in [-0.4, -0.2) is 60.7 Å². The van der Waals surface area contributed by atoms with Gasteiger partial charge in [-0.25, -0.2) is 13.1 Å². The fourth-order valence-electron chi connectivity index (χ4n) is 3.00. The predicted octanol–water partition coefficient (Wildman–Crippen LogP) is 2.12. The lowest BCUT2D eigenvalue weighted by Crippen LogP contribution is -2.41. The van der Waals surface area contributed by atoms with E-state index in [1.807, 2.05) is 0 Å². The van der Waals surface area contributed by atoms with Crippen molar-refractivity contribution in [1.29, 1.82) is 0 Å². The molecule has 3 aromatic rings. The van der Waals surface area contributed by atoms with Crippen molar-refractivity contribution in [3.63, 3.8) is 0 Å². The monoisotopic (exact) mass is 499 g/mol. The molecule has 1 fully saturated rings. The molecule has 0 amide bonds. The van der Waals surface area contributed by atoms with Gasteiger partial charge in [-0.15, -0.1) is 8.87 Å². The maximum Gasteiger partial charge on any atom is 0.287 e. The highest BCUT2D eigenvalue weighted by Gasteiger charge is 2.28. The Balaban J connectivity index is 1.46. The first kappa shape index (κ1) is 22.1. The summed E-state index contributed by atoms with van der Waals surface area (Å²) in [7, 11) is -8.28. The van der Waals surface area contributed by atoms with Gasteiger partial charge >= 0.3 is 0 Å². The number of halogens is 1. The predicted molar refractivity (Wildman–Crippen MR) is 118 cm³/mol. The third kappa shape index (κ3) is 4.88. The van der Waals surface area contributed by atoms with E-state index in [1.54, 1.807) is 18.3 Å². The van der Waals surface area contributed by atoms with Crippen LogP contribution >= 0.6 is 11.6 Å². The van der Waals surface area contributed by atoms with Crippen LogP contribution in [0.15, 0.2) is 74.5 Å². The Hall–Kier alpha value is -2.12. The molecule has 1 aliphatic heterocycles. The molecule has 2 heterocycles. The van der Waals surface area contributed by atoms with Gasteiger partial charge < -0.3 is 0 Å². The molecule has 13 heteroatoms. The second-order valence-corrected chi connectivity index (χ2v) is 12.8. The molecule has 164 valence electrons. The SMILES string of the molecule is O=S(=O)(N=S1CCN(S(=O)(=O)c2ccc(Cl)cc2)CC1)c1ccc(-n2ccnn2)cc1. The van der Waals surface area contributed by atoms with Crippen LogP contribution < -0.4 is 0 Å². The van der Waals surface area contributed by atoms with E-state index in [1.165, 1.54) is 51.6 Å². The summed E-state index contributed by atoms with van der Waals surface area (Å²) in [4.78, 5) is 0.246. The van der Waals surface area contributed by atoms with Crippen molar-refractivity contribution in [3.05, 3.63) is 65.9 Å². The van der Waals surface area contributed by atoms with E-state index in [0.717, 1.165) is 0 Å². The quantitative estimate of drug-likeness (QED) is 0.531. The molecule has 31 heavy (non-hydrogen) atoms. The Labute approximate surface area is 187 Å². The van der Waals surface area contributed by atoms with Crippen molar-refractivity contribution in [1.82, 2.24) is 19.3 Å². The Morgan fingerprint density at radius 1 is 0.903 bits per heavy atom. The number of rotatable bonds is 5. The van der Waals surface area contributed by atoms with E-state index >= 15 is 0 Å². The summed E-state index contributed by atoms with van der Waals surface area (Å²) in [5, 5.41) is 8.03. The molecule has 0 bridgehead atoms. The molecule has 4 rings (SSSR count). The van der Waals surface area contributed by atoms with Crippen LogP contribution in [0, 0.1) is 0 Å². The van der Waals surface area contributed by atoms with E-state index < -0.39 is 30.7 Å². The second kappa shape index (κ2) is 8.79. The lowest BCUT2D eigenvalue weighted by Gasteiger charge is -2.27. The number of hydrogen-bond donors (Lipinski definition) is 0. The summed E-state index contributed by atoms with van der Waals surface area (Å²) >= 11 is 5.83. The zero-order valence-electron chi connectivity index (χ0n) is 16.1. The van der Waals surface area contributed by atoms with Crippen LogP contribution in [-0.2, 0) is 30.7 Å². The molecule has 1 aliphatic rings. The van der Waals surface area contributed by atoms with Gasteiger partial charge in [0.2, 0.25) is 10.0 Å². The molecule has 0 N–H and O–H groups in total. The normalized spacial score (nSPS) is 16.3. The summed E-state index contributed by atoms with van der Waals surface area (Å²) in [5.74, 6) is 0.701. The fourth-order valence-corrected chi connectivity index (χ4v) is 8.39. The highest BCUT2D eigenvalue weighted by atomic mass is 35.5. The van der Waals surface area contributed by atoms with Crippen molar-refractivity contribution in [2.45, 2.75) is 9.79 Å². The van der Waals surface area contributed by atoms with Crippen LogP contribution in [0.25, 0.3) is 5.69 Å². The van der Waals surface area contributed by atoms with E-state index in [0.29, 0.717) is 22.2 Å². The average molecular weight is 500 g/mol. The molecule has 0 aliphatic carbocycles. The third-order valence-electron chi connectivity index (χ3n) is 4.63. The molecule has 1 aromatic heterocycles. The topological polar surface area (TPSA) is 115 Å². The third-order valence-corrected chi connectivity index (χ3v) is 10.6. The van der Waals surface area contributed by atoms with Crippen LogP contribution in [0.2, 0.25) is 5.02 Å². The first-order valence-electron chi connectivity index (χ1n) is 9.14. The van der Waals surface area contributed by atoms with E-state index in [-0.39, 0.29) is 22.9 Å². The van der Waals surface area contributed by atoms with E-state index in [2.05, 4.69) is 14.1 Å². The van der Waals surface area contributed by atoms with Crippen molar-refractivity contribution in [2.24, 2.45) is 3.77 Å². The van der Waals surface area contributed by atoms with Gasteiger partial charge in [-0.2, -0.15) is 12.7 Å². The smallest absolute Gasteiger partial charge is 0.221 e. The minimum absolute atomic E-state index is 0.0834. The molecule has 1 saturated heterocycles. The van der Waals surface area contributed by atoms with Gasteiger partial charge in [-0.05, 0) is 48.5 Å². The lowest BCUT2D eigenvalue weighted by atomic mass is 10.3. The summed E-state index contributed by atoms with van der Waals surface area (Å²) in [5.41, 5.74) is 0.680. The lowest BCUT2D eigenvalue weighted by molar-refractivity contribution is 0.442. The van der Waals surface area contributed by atoms with Crippen LogP contribution in [0.4, 0.5) is 0 Å². The number of hydrogen-bond acceptors (Lipinski definition) is 6. The molecule has 0 radical (unpaired) electrons. The molecule has 2 aromatic carbocycles. The first-order chi connectivity index (χ1) is 14.8. The van der Waals surface area contributed by atoms with Crippen molar-refractivity contribution < 1.29 is 16.8 Å². The minimum atomic E-state index is -3.85. The standard InChI is InChI=1S/C18H18ClN5O4S3/c19-15-1-5-18(6-2-15)31(27,28)23-11-13-29(14-12-23)22-30(25,26)17-7-3-16(4-8-17)24-10-9-20-21-24/h1-10H,11-14H2. The molecule has 0 unspecified atom stereocenters. The molecular formula is C18H18ClN5O4S3. The van der Waals surface area contributed by atoms with Gasteiger partial charge in [0.1, 0.15) is 0 Å². The van der Waals surface area contributed by atoms with Gasteiger partial charge in [-0.1, -0.05) is 27.5 Å². The number of aromatic nitrogens is 3. The number of benzene rings is 2. The van der Waals surface area contributed by atoms with Crippen LogP contribution in [0.3, 0.4) is 0 Å². The van der Waals surface area contributed by atoms with Crippen LogP contribution in [0.5, 0.6) is 0 Å². The number of sulfonamides is 2. The average Bonchev–Trinajstić information content (AvgIpc) is 3.29. The van der Waals surface area contributed by atoms with Gasteiger partial charge in [0.25, 0.3) is 10.0 Å². The summed E-state index contributed by atoms with van der Waals surface area (Å²) in [6.45, 7) is 0.413. The maximum atomic E-state index is 12.8. The summed E-state index contributed by atoms with van der Waals surface area (Å²) in [6, 6.07) is 12.2. The fraction of sp³-hybridized carbons (Fsp3) is 0.222. The highest BCUT2D eigenvalue weighted by Crippen LogP contribution is 2.21. The molecule has 0 atom stereocenters. The zero-order valence-corrected chi connectivity index (χ0v) is 19.3. The molecule has 0 spiro atoms. The highest BCUT2D eigenvalue weighted by molar-refractivity contribution is 8.00. The van der Waals surface area contributed by atoms with Crippen molar-refractivity contribution >= 4 is 42.3 Å². The van der Waals surface area contributed by atoms with Crippen LogP contribution in [0.1, 0.15) is 0 Å². The van der Waals surface area contributed by atoms with E-state index in [9.17, 15) is 16.8 Å². The number of nitrogens with zero attached hydrogens (tertiary/aromatic N) is 5. The van der Waals surface area contributed by atoms with Gasteiger partial charge in [0, 0.05) is 29.6 Å². The minimum Gasteiger partial charge on any atom is -0.221 e. The Kier molecular flexibility index (Phi) is 6.26. The molecule has 9 nitrogen and oxygen atoms in total. The second-order valence-electron chi connectivity index (χ2n) is 6.62. The van der Waals surface area contributed by atoms with Crippen molar-refractivity contribution in [2.75, 3.05) is 24.6 Å². The van der Waals surface area contributed by atoms with Gasteiger partial charge in [-0.3, -0.25) is 0 Å². The Bertz CT molecular complexity index is 1300. The maximum absolute atomic E-state index is 12.8. The largest absolute Gasteiger partial charge is 0.287 e. The van der Waals surface area contributed by atoms with Crippen molar-refractivity contribution in [3.8, 4) is 5.69 Å². The van der Waals surface area contributed by atoms with Gasteiger partial charge in [0.15, 0.2) is 0 Å². The van der Waals surface area contributed by atoms with E-state index in [4.69, 9.17) is 11.6 Å². The zero-order chi connectivity index (χ0) is 22.1. The first-order valence-corrected chi connectivity index (χ1v) is 13.9. The Morgan fingerprint density at radius 3 is 2.10 bits per heavy atom. The van der Waals surface area contributed by atoms with Gasteiger partial charge in [0.05, 0.1) is 27.9 Å². The molecule has 0 saturated carbocycles. The Morgan fingerprint density at radius 2 is 1.52 bits per heavy atom. The molecular weight excluding hydrogens is 482 g/mol. The summed E-state index contributed by atoms with van der Waals surface area (Å²) < 4.78 is 57.8.